The molecule has 11 heteroatoms. The second-order valence-electron chi connectivity index (χ2n) is 6.92. The van der Waals surface area contributed by atoms with Crippen LogP contribution in [0, 0.1) is 6.92 Å². The lowest BCUT2D eigenvalue weighted by Crippen LogP contribution is -2.42. The van der Waals surface area contributed by atoms with Gasteiger partial charge in [-0.1, -0.05) is 30.3 Å². The predicted octanol–water partition coefficient (Wildman–Crippen LogP) is 0.725. The van der Waals surface area contributed by atoms with Gasteiger partial charge in [-0.25, -0.2) is 0 Å². The van der Waals surface area contributed by atoms with Crippen LogP contribution in [0.5, 0.6) is 0 Å². The second-order valence-corrected chi connectivity index (χ2v) is 6.92. The first-order chi connectivity index (χ1) is 14.2. The van der Waals surface area contributed by atoms with Crippen LogP contribution < -0.4 is 0 Å². The summed E-state index contributed by atoms with van der Waals surface area (Å²) in [6.07, 6.45) is 3.72. The van der Waals surface area contributed by atoms with E-state index in [1.165, 1.54) is 22.8 Å². The molecule has 146 valence electrons. The SMILES string of the molecule is Cc1nnc2n1[C@H](Cc1ccccc1)CN(C(=O)c1nc(-n3cnnc3)n[nH]1)C2. The number of amides is 1. The molecule has 4 aromatic rings. The lowest BCUT2D eigenvalue weighted by molar-refractivity contribution is 0.0660. The zero-order valence-electron chi connectivity index (χ0n) is 15.7. The van der Waals surface area contributed by atoms with Gasteiger partial charge >= 0.3 is 0 Å². The summed E-state index contributed by atoms with van der Waals surface area (Å²) in [7, 11) is 0. The van der Waals surface area contributed by atoms with E-state index in [1.54, 1.807) is 4.90 Å². The summed E-state index contributed by atoms with van der Waals surface area (Å²) >= 11 is 0. The van der Waals surface area contributed by atoms with Crippen LogP contribution in [0.15, 0.2) is 43.0 Å². The van der Waals surface area contributed by atoms with Crippen LogP contribution >= 0.6 is 0 Å². The minimum atomic E-state index is -0.234. The first kappa shape index (κ1) is 17.2. The van der Waals surface area contributed by atoms with Crippen molar-refractivity contribution in [3.63, 3.8) is 0 Å². The van der Waals surface area contributed by atoms with E-state index < -0.39 is 0 Å². The number of rotatable bonds is 4. The van der Waals surface area contributed by atoms with Crippen LogP contribution in [0.4, 0.5) is 0 Å². The fourth-order valence-corrected chi connectivity index (χ4v) is 3.68. The molecule has 5 rings (SSSR count). The highest BCUT2D eigenvalue weighted by Crippen LogP contribution is 2.26. The molecule has 0 radical (unpaired) electrons. The molecule has 0 fully saturated rings. The lowest BCUT2D eigenvalue weighted by Gasteiger charge is -2.33. The van der Waals surface area contributed by atoms with Crippen molar-refractivity contribution >= 4 is 5.91 Å². The molecule has 0 saturated heterocycles. The Kier molecular flexibility index (Phi) is 4.12. The Labute approximate surface area is 165 Å². The largest absolute Gasteiger partial charge is 0.326 e. The van der Waals surface area contributed by atoms with Crippen molar-refractivity contribution in [2.24, 2.45) is 0 Å². The van der Waals surface area contributed by atoms with Gasteiger partial charge in [0.15, 0.2) is 5.82 Å². The molecule has 1 N–H and O–H groups in total. The smallest absolute Gasteiger partial charge is 0.291 e. The molecule has 3 aromatic heterocycles. The maximum atomic E-state index is 13.1. The van der Waals surface area contributed by atoms with Crippen LogP contribution in [0.1, 0.15) is 33.9 Å². The summed E-state index contributed by atoms with van der Waals surface area (Å²) in [6.45, 7) is 2.84. The quantitative estimate of drug-likeness (QED) is 0.545. The minimum absolute atomic E-state index is 0.0420. The fourth-order valence-electron chi connectivity index (χ4n) is 3.68. The van der Waals surface area contributed by atoms with E-state index in [1.807, 2.05) is 25.1 Å². The number of nitrogens with one attached hydrogen (secondary N) is 1. The third-order valence-corrected chi connectivity index (χ3v) is 4.99. The van der Waals surface area contributed by atoms with Crippen molar-refractivity contribution in [2.75, 3.05) is 6.54 Å². The standard InChI is InChI=1S/C18H18N10O/c1-12-22-23-15-9-26(8-14(28(12)15)7-13-5-3-2-4-6-13)17(29)16-21-18(25-24-16)27-10-19-20-11-27/h2-6,10-11,14H,7-9H2,1H3,(H,21,24,25)/t14-/m1/s1. The van der Waals surface area contributed by atoms with E-state index in [4.69, 9.17) is 0 Å². The number of aromatic nitrogens is 9. The lowest BCUT2D eigenvalue weighted by atomic mass is 10.0. The normalized spacial score (nSPS) is 16.0. The number of nitrogens with zero attached hydrogens (tertiary/aromatic N) is 9. The van der Waals surface area contributed by atoms with Crippen molar-refractivity contribution in [3.05, 3.63) is 66.0 Å². The molecule has 29 heavy (non-hydrogen) atoms. The summed E-state index contributed by atoms with van der Waals surface area (Å²) < 4.78 is 3.65. The van der Waals surface area contributed by atoms with Gasteiger partial charge in [-0.2, -0.15) is 4.98 Å². The number of aryl methyl sites for hydroxylation is 1. The van der Waals surface area contributed by atoms with E-state index in [0.717, 1.165) is 18.1 Å². The Morgan fingerprint density at radius 2 is 1.97 bits per heavy atom. The number of H-pyrrole nitrogens is 1. The third kappa shape index (κ3) is 3.16. The first-order valence-electron chi connectivity index (χ1n) is 9.20. The van der Waals surface area contributed by atoms with Gasteiger partial charge in [-0.05, 0) is 18.9 Å². The zero-order valence-corrected chi connectivity index (χ0v) is 15.7. The Morgan fingerprint density at radius 1 is 1.17 bits per heavy atom. The molecule has 0 bridgehead atoms. The number of carbonyl (C=O) groups is 1. The Hall–Kier alpha value is -3.89. The summed E-state index contributed by atoms with van der Waals surface area (Å²) in [5.74, 6) is 1.86. The highest BCUT2D eigenvalue weighted by atomic mass is 16.2. The number of aromatic amines is 1. The summed E-state index contributed by atoms with van der Waals surface area (Å²) in [6, 6.07) is 10.2. The van der Waals surface area contributed by atoms with Gasteiger partial charge < -0.3 is 9.47 Å². The van der Waals surface area contributed by atoms with Crippen LogP contribution in [-0.4, -0.2) is 62.1 Å². The van der Waals surface area contributed by atoms with E-state index in [0.29, 0.717) is 19.0 Å². The topological polar surface area (TPSA) is 123 Å². The van der Waals surface area contributed by atoms with Crippen molar-refractivity contribution < 1.29 is 4.79 Å². The number of fused-ring (bicyclic) bond motifs is 1. The summed E-state index contributed by atoms with van der Waals surface area (Å²) in [5, 5.41) is 22.7. The number of hydrogen-bond acceptors (Lipinski definition) is 7. The highest BCUT2D eigenvalue weighted by molar-refractivity contribution is 5.90. The van der Waals surface area contributed by atoms with E-state index in [9.17, 15) is 4.79 Å². The second kappa shape index (κ2) is 6.93. The third-order valence-electron chi connectivity index (χ3n) is 4.99. The van der Waals surface area contributed by atoms with Gasteiger partial charge in [0.2, 0.25) is 5.82 Å². The Bertz CT molecular complexity index is 1130. The van der Waals surface area contributed by atoms with Gasteiger partial charge in [-0.3, -0.25) is 14.5 Å². The minimum Gasteiger partial charge on any atom is -0.326 e. The molecule has 4 heterocycles. The van der Waals surface area contributed by atoms with Crippen molar-refractivity contribution in [3.8, 4) is 5.95 Å². The van der Waals surface area contributed by atoms with Crippen molar-refractivity contribution in [2.45, 2.75) is 25.9 Å². The summed E-state index contributed by atoms with van der Waals surface area (Å²) in [4.78, 5) is 19.1. The average molecular weight is 390 g/mol. The highest BCUT2D eigenvalue weighted by Gasteiger charge is 2.32. The fraction of sp³-hybridized carbons (Fsp3) is 0.278. The monoisotopic (exact) mass is 390 g/mol. The Morgan fingerprint density at radius 3 is 2.76 bits per heavy atom. The van der Waals surface area contributed by atoms with E-state index in [-0.39, 0.29) is 17.8 Å². The molecule has 0 unspecified atom stereocenters. The molecule has 0 saturated carbocycles. The van der Waals surface area contributed by atoms with E-state index in [2.05, 4.69) is 52.3 Å². The van der Waals surface area contributed by atoms with Crippen LogP contribution in [0.2, 0.25) is 0 Å². The molecule has 0 aliphatic carbocycles. The van der Waals surface area contributed by atoms with Crippen molar-refractivity contribution in [1.29, 1.82) is 0 Å². The van der Waals surface area contributed by atoms with Crippen molar-refractivity contribution in [1.82, 2.24) is 49.6 Å². The van der Waals surface area contributed by atoms with Gasteiger partial charge in [0, 0.05) is 6.54 Å². The molecular weight excluding hydrogens is 372 g/mol. The molecule has 11 nitrogen and oxygen atoms in total. The zero-order chi connectivity index (χ0) is 19.8. The van der Waals surface area contributed by atoms with Crippen LogP contribution in [-0.2, 0) is 13.0 Å². The molecular formula is C18H18N10O. The van der Waals surface area contributed by atoms with Gasteiger partial charge in [0.1, 0.15) is 18.5 Å². The molecule has 1 aliphatic heterocycles. The van der Waals surface area contributed by atoms with Crippen LogP contribution in [0.3, 0.4) is 0 Å². The number of carbonyl (C=O) groups excluding carboxylic acids is 1. The van der Waals surface area contributed by atoms with Gasteiger partial charge in [0.25, 0.3) is 11.9 Å². The predicted molar refractivity (Wildman–Crippen MR) is 100.0 cm³/mol. The van der Waals surface area contributed by atoms with Gasteiger partial charge in [-0.15, -0.1) is 25.5 Å². The van der Waals surface area contributed by atoms with Crippen LogP contribution in [0.25, 0.3) is 5.95 Å². The average Bonchev–Trinajstić information content (AvgIpc) is 3.49. The first-order valence-corrected chi connectivity index (χ1v) is 9.20. The molecule has 0 spiro atoms. The Balaban J connectivity index is 1.42. The molecule has 1 amide bonds. The molecule has 1 aliphatic rings. The summed E-state index contributed by atoms with van der Waals surface area (Å²) in [5.41, 5.74) is 1.19. The number of benzene rings is 1. The maximum absolute atomic E-state index is 13.1. The van der Waals surface area contributed by atoms with Gasteiger partial charge in [0.05, 0.1) is 12.6 Å². The maximum Gasteiger partial charge on any atom is 0.291 e. The van der Waals surface area contributed by atoms with E-state index >= 15 is 0 Å². The molecule has 1 atom stereocenters. The number of hydrogen-bond donors (Lipinski definition) is 1. The molecule has 1 aromatic carbocycles.